The Morgan fingerprint density at radius 1 is 1.11 bits per heavy atom. The van der Waals surface area contributed by atoms with Gasteiger partial charge in [0, 0.05) is 30.5 Å². The molecule has 1 amide bonds. The van der Waals surface area contributed by atoms with E-state index in [0.717, 1.165) is 37.4 Å². The number of thioether (sulfide) groups is 1. The zero-order valence-corrected chi connectivity index (χ0v) is 13.3. The normalized spacial score (nSPS) is 24.1. The molecular weight excluding hydrogens is 242 g/mol. The molecule has 1 aliphatic carbocycles. The van der Waals surface area contributed by atoms with Crippen molar-refractivity contribution in [3.8, 4) is 0 Å². The monoisotopic (exact) mass is 271 g/mol. The highest BCUT2D eigenvalue weighted by Crippen LogP contribution is 2.38. The highest BCUT2D eigenvalue weighted by molar-refractivity contribution is 7.99. The maximum atomic E-state index is 12.3. The molecular formula is C15H29NOS. The van der Waals surface area contributed by atoms with Crippen molar-refractivity contribution in [1.82, 2.24) is 4.90 Å². The van der Waals surface area contributed by atoms with E-state index >= 15 is 0 Å². The predicted octanol–water partition coefficient (Wildman–Crippen LogP) is 3.80. The molecule has 2 nitrogen and oxygen atoms in total. The van der Waals surface area contributed by atoms with Crippen molar-refractivity contribution in [1.29, 1.82) is 0 Å². The molecule has 3 heteroatoms. The van der Waals surface area contributed by atoms with E-state index in [0.29, 0.717) is 17.2 Å². The van der Waals surface area contributed by atoms with Gasteiger partial charge < -0.3 is 4.90 Å². The van der Waals surface area contributed by atoms with E-state index in [1.54, 1.807) is 0 Å². The van der Waals surface area contributed by atoms with Crippen LogP contribution >= 0.6 is 11.8 Å². The fourth-order valence-electron chi connectivity index (χ4n) is 2.69. The molecule has 1 aliphatic heterocycles. The summed E-state index contributed by atoms with van der Waals surface area (Å²) in [6.45, 7) is 10.6. The van der Waals surface area contributed by atoms with Gasteiger partial charge in [-0.1, -0.05) is 27.7 Å². The van der Waals surface area contributed by atoms with Gasteiger partial charge in [-0.15, -0.1) is 0 Å². The summed E-state index contributed by atoms with van der Waals surface area (Å²) in [6, 6.07) is 0. The smallest absolute Gasteiger partial charge is 0.225 e. The molecule has 0 aromatic rings. The molecule has 106 valence electrons. The van der Waals surface area contributed by atoms with Crippen LogP contribution in [0.25, 0.3) is 0 Å². The molecule has 0 unspecified atom stereocenters. The summed E-state index contributed by atoms with van der Waals surface area (Å²) in [7, 11) is 0. The quantitative estimate of drug-likeness (QED) is 0.723. The minimum Gasteiger partial charge on any atom is -0.341 e. The molecule has 0 radical (unpaired) electrons. The average Bonchev–Trinajstić information content (AvgIpc) is 2.41. The first-order valence-electron chi connectivity index (χ1n) is 7.45. The lowest BCUT2D eigenvalue weighted by Crippen LogP contribution is -2.43. The molecule has 0 bridgehead atoms. The summed E-state index contributed by atoms with van der Waals surface area (Å²) < 4.78 is 0. The summed E-state index contributed by atoms with van der Waals surface area (Å²) in [5, 5.41) is 0. The zero-order chi connectivity index (χ0) is 13.6. The standard InChI is InChI=1S/C13H23NOS.C2H6/c1-13(2)5-3-11(4-6-13)12(15)14-7-9-16-10-8-14;1-2/h11H,3-10H2,1-2H3;1-2H3. The summed E-state index contributed by atoms with van der Waals surface area (Å²) >= 11 is 1.97. The van der Waals surface area contributed by atoms with Gasteiger partial charge in [0.05, 0.1) is 0 Å². The first kappa shape index (κ1) is 15.9. The Morgan fingerprint density at radius 2 is 1.61 bits per heavy atom. The Morgan fingerprint density at radius 3 is 2.11 bits per heavy atom. The fraction of sp³-hybridized carbons (Fsp3) is 0.933. The zero-order valence-electron chi connectivity index (χ0n) is 12.5. The number of hydrogen-bond acceptors (Lipinski definition) is 2. The highest BCUT2D eigenvalue weighted by Gasteiger charge is 2.32. The molecule has 2 aliphatic rings. The molecule has 2 fully saturated rings. The topological polar surface area (TPSA) is 20.3 Å². The van der Waals surface area contributed by atoms with Crippen molar-refractivity contribution in [2.24, 2.45) is 11.3 Å². The SMILES string of the molecule is CC.CC1(C)CCC(C(=O)N2CCSCC2)CC1. The van der Waals surface area contributed by atoms with Crippen LogP contribution in [0.5, 0.6) is 0 Å². The van der Waals surface area contributed by atoms with Crippen LogP contribution < -0.4 is 0 Å². The number of amides is 1. The maximum Gasteiger partial charge on any atom is 0.225 e. The lowest BCUT2D eigenvalue weighted by Gasteiger charge is -2.37. The first-order valence-corrected chi connectivity index (χ1v) is 8.60. The van der Waals surface area contributed by atoms with Crippen molar-refractivity contribution < 1.29 is 4.79 Å². The Labute approximate surface area is 117 Å². The molecule has 1 saturated carbocycles. The minimum absolute atomic E-state index is 0.330. The van der Waals surface area contributed by atoms with Gasteiger partial charge in [-0.2, -0.15) is 11.8 Å². The second kappa shape index (κ2) is 7.42. The van der Waals surface area contributed by atoms with E-state index in [1.165, 1.54) is 12.8 Å². The van der Waals surface area contributed by atoms with Crippen LogP contribution in [0, 0.1) is 11.3 Å². The molecule has 2 rings (SSSR count). The average molecular weight is 271 g/mol. The van der Waals surface area contributed by atoms with Gasteiger partial charge in [0.15, 0.2) is 0 Å². The number of rotatable bonds is 1. The van der Waals surface area contributed by atoms with Crippen molar-refractivity contribution >= 4 is 17.7 Å². The second-order valence-electron chi connectivity index (χ2n) is 5.88. The van der Waals surface area contributed by atoms with Crippen molar-refractivity contribution in [3.05, 3.63) is 0 Å². The van der Waals surface area contributed by atoms with Crippen LogP contribution in [-0.2, 0) is 4.79 Å². The summed E-state index contributed by atoms with van der Waals surface area (Å²) in [4.78, 5) is 14.4. The summed E-state index contributed by atoms with van der Waals surface area (Å²) in [6.07, 6.45) is 4.64. The third kappa shape index (κ3) is 4.49. The fourth-order valence-corrected chi connectivity index (χ4v) is 3.59. The van der Waals surface area contributed by atoms with Crippen LogP contribution in [0.1, 0.15) is 53.4 Å². The van der Waals surface area contributed by atoms with Crippen LogP contribution in [0.15, 0.2) is 0 Å². The molecule has 0 aromatic carbocycles. The first-order chi connectivity index (χ1) is 8.58. The van der Waals surface area contributed by atoms with Crippen molar-refractivity contribution in [2.75, 3.05) is 24.6 Å². The third-order valence-electron chi connectivity index (χ3n) is 4.01. The van der Waals surface area contributed by atoms with Gasteiger partial charge in [-0.05, 0) is 31.1 Å². The number of carbonyl (C=O) groups is 1. The van der Waals surface area contributed by atoms with Crippen molar-refractivity contribution in [3.63, 3.8) is 0 Å². The number of nitrogens with zero attached hydrogens (tertiary/aromatic N) is 1. The Bertz CT molecular complexity index is 249. The summed E-state index contributed by atoms with van der Waals surface area (Å²) in [5.41, 5.74) is 0.467. The molecule has 0 aromatic heterocycles. The van der Waals surface area contributed by atoms with E-state index in [2.05, 4.69) is 18.7 Å². The number of hydrogen-bond donors (Lipinski definition) is 0. The highest BCUT2D eigenvalue weighted by atomic mass is 32.2. The van der Waals surface area contributed by atoms with Gasteiger partial charge in [0.25, 0.3) is 0 Å². The van der Waals surface area contributed by atoms with E-state index in [-0.39, 0.29) is 0 Å². The van der Waals surface area contributed by atoms with Gasteiger partial charge in [0.1, 0.15) is 0 Å². The van der Waals surface area contributed by atoms with Gasteiger partial charge in [-0.25, -0.2) is 0 Å². The van der Waals surface area contributed by atoms with Crippen LogP contribution in [0.2, 0.25) is 0 Å². The molecule has 0 spiro atoms. The van der Waals surface area contributed by atoms with E-state index in [4.69, 9.17) is 0 Å². The van der Waals surface area contributed by atoms with Gasteiger partial charge in [0.2, 0.25) is 5.91 Å². The maximum absolute atomic E-state index is 12.3. The third-order valence-corrected chi connectivity index (χ3v) is 4.95. The minimum atomic E-state index is 0.330. The molecule has 1 heterocycles. The molecule has 0 atom stereocenters. The van der Waals surface area contributed by atoms with Crippen LogP contribution in [0.4, 0.5) is 0 Å². The van der Waals surface area contributed by atoms with Crippen LogP contribution in [-0.4, -0.2) is 35.4 Å². The van der Waals surface area contributed by atoms with Crippen LogP contribution in [0.3, 0.4) is 0 Å². The number of carbonyl (C=O) groups excluding carboxylic acids is 1. The van der Waals surface area contributed by atoms with E-state index in [1.807, 2.05) is 25.6 Å². The largest absolute Gasteiger partial charge is 0.341 e. The van der Waals surface area contributed by atoms with Gasteiger partial charge >= 0.3 is 0 Å². The summed E-state index contributed by atoms with van der Waals surface area (Å²) in [5.74, 6) is 3.03. The lowest BCUT2D eigenvalue weighted by molar-refractivity contribution is -0.136. The Kier molecular flexibility index (Phi) is 6.54. The van der Waals surface area contributed by atoms with Crippen molar-refractivity contribution in [2.45, 2.75) is 53.4 Å². The predicted molar refractivity (Wildman–Crippen MR) is 81.0 cm³/mol. The Hall–Kier alpha value is -0.180. The molecule has 0 N–H and O–H groups in total. The molecule has 1 saturated heterocycles. The lowest BCUT2D eigenvalue weighted by atomic mass is 9.73. The Balaban J connectivity index is 0.000000771. The second-order valence-corrected chi connectivity index (χ2v) is 7.10. The van der Waals surface area contributed by atoms with Gasteiger partial charge in [-0.3, -0.25) is 4.79 Å². The van der Waals surface area contributed by atoms with E-state index in [9.17, 15) is 4.79 Å². The van der Waals surface area contributed by atoms with E-state index < -0.39 is 0 Å². The molecule has 18 heavy (non-hydrogen) atoms.